The van der Waals surface area contributed by atoms with E-state index in [1.807, 2.05) is 67.1 Å². The fourth-order valence-electron chi connectivity index (χ4n) is 4.07. The Morgan fingerprint density at radius 2 is 1.87 bits per heavy atom. The summed E-state index contributed by atoms with van der Waals surface area (Å²) in [5.74, 6) is 0.506. The number of aromatic nitrogens is 2. The zero-order valence-corrected chi connectivity index (χ0v) is 18.3. The largest absolute Gasteiger partial charge is 0.345 e. The third kappa shape index (κ3) is 4.53. The van der Waals surface area contributed by atoms with E-state index in [2.05, 4.69) is 17.1 Å². The van der Waals surface area contributed by atoms with Gasteiger partial charge in [0.1, 0.15) is 0 Å². The molecule has 0 radical (unpaired) electrons. The Morgan fingerprint density at radius 1 is 1.10 bits per heavy atom. The second-order valence-corrected chi connectivity index (χ2v) is 8.28. The molecule has 1 saturated heterocycles. The number of carbonyl (C=O) groups excluding carboxylic acids is 1. The molecular formula is C25H28N4O2. The summed E-state index contributed by atoms with van der Waals surface area (Å²) < 4.78 is 0. The Bertz CT molecular complexity index is 1140. The van der Waals surface area contributed by atoms with Crippen LogP contribution in [0.1, 0.15) is 34.7 Å². The quantitative estimate of drug-likeness (QED) is 0.667. The second-order valence-electron chi connectivity index (χ2n) is 8.28. The topological polar surface area (TPSA) is 69.3 Å². The van der Waals surface area contributed by atoms with Gasteiger partial charge in [-0.1, -0.05) is 42.5 Å². The number of aromatic amines is 1. The second kappa shape index (κ2) is 8.76. The first-order valence-corrected chi connectivity index (χ1v) is 10.7. The van der Waals surface area contributed by atoms with Gasteiger partial charge in [-0.2, -0.15) is 0 Å². The molecule has 4 rings (SSSR count). The summed E-state index contributed by atoms with van der Waals surface area (Å²) in [7, 11) is 1.92. The van der Waals surface area contributed by atoms with E-state index in [1.54, 1.807) is 0 Å². The molecule has 6 heteroatoms. The molecule has 0 spiro atoms. The predicted octanol–water partition coefficient (Wildman–Crippen LogP) is 3.59. The van der Waals surface area contributed by atoms with Crippen molar-refractivity contribution in [2.45, 2.75) is 32.6 Å². The van der Waals surface area contributed by atoms with Crippen molar-refractivity contribution in [2.75, 3.05) is 29.9 Å². The minimum absolute atomic E-state index is 0.0692. The fourth-order valence-corrected chi connectivity index (χ4v) is 4.07. The van der Waals surface area contributed by atoms with Crippen LogP contribution in [0.4, 0.5) is 11.6 Å². The first-order valence-electron chi connectivity index (χ1n) is 10.7. The molecule has 1 fully saturated rings. The van der Waals surface area contributed by atoms with E-state index in [4.69, 9.17) is 4.98 Å². The summed E-state index contributed by atoms with van der Waals surface area (Å²) in [6, 6.07) is 17.8. The van der Waals surface area contributed by atoms with Crippen LogP contribution in [0.5, 0.6) is 0 Å². The van der Waals surface area contributed by atoms with E-state index in [1.165, 1.54) is 11.6 Å². The highest BCUT2D eigenvalue weighted by molar-refractivity contribution is 5.97. The van der Waals surface area contributed by atoms with Crippen LogP contribution in [-0.2, 0) is 11.2 Å². The first-order chi connectivity index (χ1) is 14.9. The van der Waals surface area contributed by atoms with Crippen molar-refractivity contribution >= 4 is 17.5 Å². The molecular weight excluding hydrogens is 388 g/mol. The van der Waals surface area contributed by atoms with Gasteiger partial charge in [-0.05, 0) is 43.0 Å². The number of benzene rings is 2. The normalized spacial score (nSPS) is 16.0. The molecule has 0 saturated carbocycles. The van der Waals surface area contributed by atoms with E-state index < -0.39 is 0 Å². The van der Waals surface area contributed by atoms with Crippen LogP contribution in [0.15, 0.2) is 59.4 Å². The predicted molar refractivity (Wildman–Crippen MR) is 124 cm³/mol. The molecule has 31 heavy (non-hydrogen) atoms. The maximum absolute atomic E-state index is 12.8. The molecule has 1 aliphatic rings. The minimum Gasteiger partial charge on any atom is -0.345 e. The SMILES string of the molecule is Cc1cccc(N2CC(c3cc(=O)[nH]c(N(C)CCc4ccccc4)n3)CC2=O)c1C. The van der Waals surface area contributed by atoms with Crippen molar-refractivity contribution in [3.8, 4) is 0 Å². The zero-order chi connectivity index (χ0) is 22.0. The van der Waals surface area contributed by atoms with Crippen molar-refractivity contribution in [1.29, 1.82) is 0 Å². The Morgan fingerprint density at radius 3 is 2.65 bits per heavy atom. The number of carbonyl (C=O) groups is 1. The molecule has 1 atom stereocenters. The Kier molecular flexibility index (Phi) is 5.89. The molecule has 1 aromatic heterocycles. The van der Waals surface area contributed by atoms with Gasteiger partial charge in [0.25, 0.3) is 5.56 Å². The number of likely N-dealkylation sites (N-methyl/N-ethyl adjacent to an activating group) is 1. The molecule has 1 N–H and O–H groups in total. The molecule has 0 bridgehead atoms. The average Bonchev–Trinajstić information content (AvgIpc) is 3.15. The first kappa shape index (κ1) is 20.8. The van der Waals surface area contributed by atoms with Crippen LogP contribution in [0, 0.1) is 13.8 Å². The number of aryl methyl sites for hydroxylation is 1. The van der Waals surface area contributed by atoms with Crippen molar-refractivity contribution in [2.24, 2.45) is 0 Å². The Balaban J connectivity index is 1.52. The van der Waals surface area contributed by atoms with Gasteiger partial charge in [-0.25, -0.2) is 4.98 Å². The molecule has 6 nitrogen and oxygen atoms in total. The summed E-state index contributed by atoms with van der Waals surface area (Å²) in [5.41, 5.74) is 4.92. The van der Waals surface area contributed by atoms with Crippen LogP contribution < -0.4 is 15.4 Å². The molecule has 2 aromatic carbocycles. The van der Waals surface area contributed by atoms with Gasteiger partial charge >= 0.3 is 0 Å². The highest BCUT2D eigenvalue weighted by Gasteiger charge is 2.33. The van der Waals surface area contributed by atoms with Gasteiger partial charge in [-0.3, -0.25) is 14.6 Å². The minimum atomic E-state index is -0.191. The molecule has 1 amide bonds. The average molecular weight is 417 g/mol. The van der Waals surface area contributed by atoms with Gasteiger partial charge in [0, 0.05) is 44.2 Å². The van der Waals surface area contributed by atoms with Crippen molar-refractivity contribution in [3.63, 3.8) is 0 Å². The van der Waals surface area contributed by atoms with Gasteiger partial charge in [-0.15, -0.1) is 0 Å². The zero-order valence-electron chi connectivity index (χ0n) is 18.3. The van der Waals surface area contributed by atoms with Crippen LogP contribution in [0.2, 0.25) is 0 Å². The number of amides is 1. The lowest BCUT2D eigenvalue weighted by atomic mass is 10.0. The molecule has 1 aliphatic heterocycles. The van der Waals surface area contributed by atoms with E-state index in [-0.39, 0.29) is 17.4 Å². The highest BCUT2D eigenvalue weighted by Crippen LogP contribution is 2.33. The monoisotopic (exact) mass is 416 g/mol. The standard InChI is InChI=1S/C25H28N4O2/c1-17-8-7-11-22(18(17)2)29-16-20(14-24(29)31)21-15-23(30)27-25(26-21)28(3)13-12-19-9-5-4-6-10-19/h4-11,15,20H,12-14,16H2,1-3H3,(H,26,27,30). The maximum atomic E-state index is 12.8. The fraction of sp³-hybridized carbons (Fsp3) is 0.320. The number of H-pyrrole nitrogens is 1. The molecule has 160 valence electrons. The third-order valence-corrected chi connectivity index (χ3v) is 6.10. The molecule has 0 aliphatic carbocycles. The van der Waals surface area contributed by atoms with Crippen molar-refractivity contribution < 1.29 is 4.79 Å². The van der Waals surface area contributed by atoms with E-state index in [0.717, 1.165) is 29.8 Å². The van der Waals surface area contributed by atoms with Crippen molar-refractivity contribution in [3.05, 3.63) is 87.3 Å². The lowest BCUT2D eigenvalue weighted by Crippen LogP contribution is -2.27. The van der Waals surface area contributed by atoms with E-state index >= 15 is 0 Å². The van der Waals surface area contributed by atoms with Gasteiger partial charge in [0.15, 0.2) is 0 Å². The Hall–Kier alpha value is -3.41. The lowest BCUT2D eigenvalue weighted by molar-refractivity contribution is -0.117. The van der Waals surface area contributed by atoms with Crippen LogP contribution in [0.25, 0.3) is 0 Å². The van der Waals surface area contributed by atoms with Crippen LogP contribution in [-0.4, -0.2) is 36.0 Å². The molecule has 3 aromatic rings. The number of rotatable bonds is 6. The summed E-state index contributed by atoms with van der Waals surface area (Å²) >= 11 is 0. The van der Waals surface area contributed by atoms with Gasteiger partial charge < -0.3 is 9.80 Å². The van der Waals surface area contributed by atoms with Crippen LogP contribution in [0.3, 0.4) is 0 Å². The number of nitrogens with zero attached hydrogens (tertiary/aromatic N) is 3. The van der Waals surface area contributed by atoms with Gasteiger partial charge in [0.2, 0.25) is 11.9 Å². The van der Waals surface area contributed by atoms with E-state index in [0.29, 0.717) is 24.6 Å². The summed E-state index contributed by atoms with van der Waals surface area (Å²) in [6.45, 7) is 5.35. The third-order valence-electron chi connectivity index (χ3n) is 6.10. The summed E-state index contributed by atoms with van der Waals surface area (Å²) in [6.07, 6.45) is 1.21. The highest BCUT2D eigenvalue weighted by atomic mass is 16.2. The number of hydrogen-bond donors (Lipinski definition) is 1. The smallest absolute Gasteiger partial charge is 0.252 e. The Labute approximate surface area is 182 Å². The maximum Gasteiger partial charge on any atom is 0.252 e. The van der Waals surface area contributed by atoms with Gasteiger partial charge in [0.05, 0.1) is 5.69 Å². The lowest BCUT2D eigenvalue weighted by Gasteiger charge is -2.21. The van der Waals surface area contributed by atoms with Crippen LogP contribution >= 0.6 is 0 Å². The van der Waals surface area contributed by atoms with E-state index in [9.17, 15) is 9.59 Å². The van der Waals surface area contributed by atoms with Crippen molar-refractivity contribution in [1.82, 2.24) is 9.97 Å². The summed E-state index contributed by atoms with van der Waals surface area (Å²) in [4.78, 5) is 36.5. The molecule has 2 heterocycles. The number of hydrogen-bond acceptors (Lipinski definition) is 4. The number of nitrogens with one attached hydrogen (secondary N) is 1. The molecule has 1 unspecified atom stereocenters. The number of anilines is 2. The summed E-state index contributed by atoms with van der Waals surface area (Å²) in [5, 5.41) is 0.